The number of nitrogens with one attached hydrogen (secondary N) is 2. The Morgan fingerprint density at radius 2 is 1.96 bits per heavy atom. The lowest BCUT2D eigenvalue weighted by atomic mass is 10.1. The molecule has 2 heterocycles. The van der Waals surface area contributed by atoms with Gasteiger partial charge in [-0.15, -0.1) is 23.2 Å². The lowest BCUT2D eigenvalue weighted by Gasteiger charge is -2.28. The number of hydrogen-bond acceptors (Lipinski definition) is 5. The number of hydrogen-bond donors (Lipinski definition) is 2. The Morgan fingerprint density at radius 1 is 1.16 bits per heavy atom. The Morgan fingerprint density at radius 3 is 2.72 bits per heavy atom. The summed E-state index contributed by atoms with van der Waals surface area (Å²) in [4.78, 5) is 17.9. The maximum Gasteiger partial charge on any atom is 0.182 e. The second kappa shape index (κ2) is 8.47. The smallest absolute Gasteiger partial charge is 0.182 e. The molecule has 0 radical (unpaired) electrons. The molecule has 25 heavy (non-hydrogen) atoms. The first-order valence-electron chi connectivity index (χ1n) is 8.10. The van der Waals surface area contributed by atoms with Crippen LogP contribution in [-0.2, 0) is 0 Å². The van der Waals surface area contributed by atoms with Crippen molar-refractivity contribution in [2.45, 2.75) is 13.0 Å². The number of halogens is 2. The Hall–Kier alpha value is -1.89. The number of aromatic nitrogens is 4. The molecule has 2 N–H and O–H groups in total. The summed E-state index contributed by atoms with van der Waals surface area (Å²) in [6.45, 7) is 3.76. The van der Waals surface area contributed by atoms with Gasteiger partial charge in [0.1, 0.15) is 11.8 Å². The lowest BCUT2D eigenvalue weighted by Crippen LogP contribution is -2.30. The molecule has 0 saturated carbocycles. The number of alkyl halides is 2. The van der Waals surface area contributed by atoms with Crippen molar-refractivity contribution in [3.8, 4) is 0 Å². The van der Waals surface area contributed by atoms with E-state index in [-0.39, 0.29) is 6.04 Å². The number of fused-ring (bicyclic) bond motifs is 1. The van der Waals surface area contributed by atoms with Crippen LogP contribution >= 0.6 is 23.2 Å². The molecule has 3 aromatic rings. The quantitative estimate of drug-likeness (QED) is 0.581. The molecule has 2 aromatic heterocycles. The van der Waals surface area contributed by atoms with Crippen LogP contribution < -0.4 is 5.32 Å². The number of imidazole rings is 1. The molecule has 6 nitrogen and oxygen atoms in total. The van der Waals surface area contributed by atoms with Gasteiger partial charge in [-0.1, -0.05) is 12.1 Å². The molecule has 0 aliphatic rings. The predicted octanol–water partition coefficient (Wildman–Crippen LogP) is 3.94. The third kappa shape index (κ3) is 4.21. The molecule has 0 spiro atoms. The minimum atomic E-state index is 0.219. The Balaban J connectivity index is 1.82. The maximum atomic E-state index is 5.93. The van der Waals surface area contributed by atoms with E-state index in [1.54, 1.807) is 6.33 Å². The topological polar surface area (TPSA) is 69.7 Å². The third-order valence-corrected chi connectivity index (χ3v) is 4.48. The van der Waals surface area contributed by atoms with Gasteiger partial charge < -0.3 is 10.3 Å². The minimum absolute atomic E-state index is 0.219. The summed E-state index contributed by atoms with van der Waals surface area (Å²) >= 11 is 11.9. The van der Waals surface area contributed by atoms with Crippen LogP contribution in [0.2, 0.25) is 0 Å². The molecule has 3 rings (SSSR count). The Labute approximate surface area is 156 Å². The highest BCUT2D eigenvalue weighted by atomic mass is 35.5. The maximum absolute atomic E-state index is 5.93. The highest BCUT2D eigenvalue weighted by molar-refractivity contribution is 6.18. The van der Waals surface area contributed by atoms with Gasteiger partial charge in [-0.25, -0.2) is 15.0 Å². The van der Waals surface area contributed by atoms with Crippen LogP contribution in [0.4, 0.5) is 11.5 Å². The fourth-order valence-corrected chi connectivity index (χ4v) is 3.23. The predicted molar refractivity (Wildman–Crippen MR) is 103 cm³/mol. The zero-order valence-corrected chi connectivity index (χ0v) is 15.4. The zero-order valence-electron chi connectivity index (χ0n) is 13.9. The molecular weight excluding hydrogens is 359 g/mol. The van der Waals surface area contributed by atoms with Gasteiger partial charge in [-0.05, 0) is 24.6 Å². The van der Waals surface area contributed by atoms with Crippen LogP contribution in [0.5, 0.6) is 0 Å². The second-order valence-corrected chi connectivity index (χ2v) is 6.42. The minimum Gasteiger partial charge on any atom is -0.340 e. The van der Waals surface area contributed by atoms with E-state index in [4.69, 9.17) is 23.2 Å². The van der Waals surface area contributed by atoms with E-state index < -0.39 is 0 Å². The monoisotopic (exact) mass is 378 g/mol. The van der Waals surface area contributed by atoms with Crippen LogP contribution in [0.15, 0.2) is 36.9 Å². The van der Waals surface area contributed by atoms with Crippen molar-refractivity contribution in [1.82, 2.24) is 24.8 Å². The summed E-state index contributed by atoms with van der Waals surface area (Å²) in [6, 6.07) is 8.48. The highest BCUT2D eigenvalue weighted by Crippen LogP contribution is 2.26. The van der Waals surface area contributed by atoms with Crippen LogP contribution in [0.3, 0.4) is 0 Å². The summed E-state index contributed by atoms with van der Waals surface area (Å²) in [5.74, 6) is 1.86. The summed E-state index contributed by atoms with van der Waals surface area (Å²) in [7, 11) is 0. The largest absolute Gasteiger partial charge is 0.340 e. The molecule has 1 aromatic carbocycles. The number of benzene rings is 1. The molecular formula is C17H20Cl2N6. The zero-order chi connectivity index (χ0) is 17.6. The van der Waals surface area contributed by atoms with Crippen molar-refractivity contribution in [2.75, 3.05) is 30.2 Å². The molecule has 0 saturated heterocycles. The summed E-state index contributed by atoms with van der Waals surface area (Å²) in [5.41, 5.74) is 3.56. The average Bonchev–Trinajstić information content (AvgIpc) is 3.11. The number of aromatic amines is 1. The van der Waals surface area contributed by atoms with Crippen LogP contribution in [0, 0.1) is 0 Å². The lowest BCUT2D eigenvalue weighted by molar-refractivity contribution is 0.237. The van der Waals surface area contributed by atoms with E-state index in [1.165, 1.54) is 11.9 Å². The van der Waals surface area contributed by atoms with Gasteiger partial charge in [0.2, 0.25) is 0 Å². The van der Waals surface area contributed by atoms with Gasteiger partial charge in [0.25, 0.3) is 0 Å². The molecule has 0 aliphatic heterocycles. The van der Waals surface area contributed by atoms with Gasteiger partial charge in [0, 0.05) is 36.6 Å². The van der Waals surface area contributed by atoms with Crippen LogP contribution in [-0.4, -0.2) is 49.7 Å². The van der Waals surface area contributed by atoms with Crippen molar-refractivity contribution in [3.05, 3.63) is 42.5 Å². The van der Waals surface area contributed by atoms with Gasteiger partial charge in [-0.2, -0.15) is 0 Å². The van der Waals surface area contributed by atoms with E-state index in [0.717, 1.165) is 24.3 Å². The first-order chi connectivity index (χ1) is 12.2. The molecule has 0 unspecified atom stereocenters. The highest BCUT2D eigenvalue weighted by Gasteiger charge is 2.15. The number of rotatable bonds is 8. The molecule has 0 bridgehead atoms. The van der Waals surface area contributed by atoms with Crippen LogP contribution in [0.1, 0.15) is 18.5 Å². The molecule has 0 aliphatic carbocycles. The van der Waals surface area contributed by atoms with E-state index in [9.17, 15) is 0 Å². The van der Waals surface area contributed by atoms with Crippen LogP contribution in [0.25, 0.3) is 11.2 Å². The number of nitrogens with zero attached hydrogens (tertiary/aromatic N) is 4. The van der Waals surface area contributed by atoms with Gasteiger partial charge in [-0.3, -0.25) is 4.90 Å². The number of anilines is 2. The standard InChI is InChI=1S/C17H20Cl2N6/c1-12(25(7-5-18)8-6-19)13-3-2-4-14(9-13)24-17-15-16(21-10-20-15)22-11-23-17/h2-4,9-12H,5-8H2,1H3,(H2,20,21,22,23,24)/t12-/m1/s1. The van der Waals surface area contributed by atoms with E-state index in [1.807, 2.05) is 12.1 Å². The van der Waals surface area contributed by atoms with Crippen molar-refractivity contribution >= 4 is 45.9 Å². The molecule has 8 heteroatoms. The van der Waals surface area contributed by atoms with Crippen molar-refractivity contribution < 1.29 is 0 Å². The first kappa shape index (κ1) is 17.9. The van der Waals surface area contributed by atoms with Gasteiger partial charge >= 0.3 is 0 Å². The Bertz CT molecular complexity index is 816. The van der Waals surface area contributed by atoms with E-state index in [0.29, 0.717) is 23.2 Å². The summed E-state index contributed by atoms with van der Waals surface area (Å²) < 4.78 is 0. The van der Waals surface area contributed by atoms with Crippen molar-refractivity contribution in [3.63, 3.8) is 0 Å². The normalized spacial score (nSPS) is 12.6. The number of H-pyrrole nitrogens is 1. The van der Waals surface area contributed by atoms with E-state index in [2.05, 4.69) is 49.2 Å². The molecule has 1 atom stereocenters. The summed E-state index contributed by atoms with van der Waals surface area (Å²) in [6.07, 6.45) is 3.11. The van der Waals surface area contributed by atoms with Gasteiger partial charge in [0.15, 0.2) is 11.5 Å². The second-order valence-electron chi connectivity index (χ2n) is 5.66. The van der Waals surface area contributed by atoms with Gasteiger partial charge in [0.05, 0.1) is 6.33 Å². The summed E-state index contributed by atoms with van der Waals surface area (Å²) in [5, 5.41) is 3.34. The fraction of sp³-hybridized carbons (Fsp3) is 0.353. The molecule has 132 valence electrons. The van der Waals surface area contributed by atoms with Crippen molar-refractivity contribution in [1.29, 1.82) is 0 Å². The Kier molecular flexibility index (Phi) is 6.07. The molecule has 0 fully saturated rings. The first-order valence-corrected chi connectivity index (χ1v) is 9.17. The average molecular weight is 379 g/mol. The molecule has 0 amide bonds. The SMILES string of the molecule is C[C@H](c1cccc(Nc2ncnc3nc[nH]c23)c1)N(CCCl)CCCl. The fourth-order valence-electron chi connectivity index (χ4n) is 2.80. The van der Waals surface area contributed by atoms with E-state index >= 15 is 0 Å². The van der Waals surface area contributed by atoms with Crippen molar-refractivity contribution in [2.24, 2.45) is 0 Å². The third-order valence-electron chi connectivity index (χ3n) is 4.15.